The summed E-state index contributed by atoms with van der Waals surface area (Å²) in [6, 6.07) is 6.19. The summed E-state index contributed by atoms with van der Waals surface area (Å²) in [4.78, 5) is 15.0. The van der Waals surface area contributed by atoms with Crippen molar-refractivity contribution < 1.29 is 4.79 Å². The highest BCUT2D eigenvalue weighted by Gasteiger charge is 2.38. The molecular formula is C15H19N5O. The molecule has 2 unspecified atom stereocenters. The number of benzene rings is 1. The molecule has 0 aliphatic carbocycles. The van der Waals surface area contributed by atoms with Crippen LogP contribution in [0.1, 0.15) is 29.8 Å². The normalized spacial score (nSPS) is 25.3. The van der Waals surface area contributed by atoms with E-state index >= 15 is 0 Å². The summed E-state index contributed by atoms with van der Waals surface area (Å²) < 4.78 is 0. The van der Waals surface area contributed by atoms with Crippen LogP contribution >= 0.6 is 0 Å². The number of rotatable bonds is 2. The molecule has 6 heteroatoms. The molecule has 4 N–H and O–H groups in total. The van der Waals surface area contributed by atoms with Crippen LogP contribution < -0.4 is 11.1 Å². The molecule has 0 spiro atoms. The molecule has 0 radical (unpaired) electrons. The molecule has 4 rings (SSSR count). The van der Waals surface area contributed by atoms with Crippen molar-refractivity contribution in [3.63, 3.8) is 0 Å². The van der Waals surface area contributed by atoms with Crippen molar-refractivity contribution in [3.8, 4) is 0 Å². The Morgan fingerprint density at radius 3 is 3.19 bits per heavy atom. The minimum Gasteiger partial charge on any atom is -0.399 e. The zero-order valence-electron chi connectivity index (χ0n) is 11.8. The van der Waals surface area contributed by atoms with Crippen LogP contribution in [0.2, 0.25) is 0 Å². The topological polar surface area (TPSA) is 87.0 Å². The van der Waals surface area contributed by atoms with Crippen molar-refractivity contribution in [3.05, 3.63) is 23.9 Å². The van der Waals surface area contributed by atoms with Crippen LogP contribution in [0.4, 0.5) is 5.69 Å². The van der Waals surface area contributed by atoms with Gasteiger partial charge in [0.15, 0.2) is 5.69 Å². The number of hydrogen-bond donors (Lipinski definition) is 3. The highest BCUT2D eigenvalue weighted by atomic mass is 16.2. The number of nitrogens with two attached hydrogens (primary N) is 1. The lowest BCUT2D eigenvalue weighted by atomic mass is 10.1. The molecule has 6 nitrogen and oxygen atoms in total. The van der Waals surface area contributed by atoms with Gasteiger partial charge in [-0.3, -0.25) is 14.8 Å². The standard InChI is InChI=1S/C15H19N5O/c16-9-3-4-11-10(8-9)14(19-18-11)15(21)17-12-5-7-20-6-1-2-13(12)20/h3-4,8,12-13H,1-2,5-7,16H2,(H,17,21)(H,18,19). The van der Waals surface area contributed by atoms with E-state index in [-0.39, 0.29) is 11.9 Å². The molecule has 2 fully saturated rings. The first kappa shape index (κ1) is 12.6. The van der Waals surface area contributed by atoms with Crippen LogP contribution in [0.3, 0.4) is 0 Å². The number of anilines is 1. The Kier molecular flexibility index (Phi) is 2.85. The summed E-state index contributed by atoms with van der Waals surface area (Å²) >= 11 is 0. The van der Waals surface area contributed by atoms with Crippen LogP contribution in [-0.2, 0) is 0 Å². The van der Waals surface area contributed by atoms with Crippen molar-refractivity contribution in [1.29, 1.82) is 0 Å². The molecule has 2 aliphatic rings. The summed E-state index contributed by atoms with van der Waals surface area (Å²) in [7, 11) is 0. The number of fused-ring (bicyclic) bond motifs is 2. The van der Waals surface area contributed by atoms with Gasteiger partial charge >= 0.3 is 0 Å². The second-order valence-corrected chi connectivity index (χ2v) is 5.99. The van der Waals surface area contributed by atoms with E-state index in [9.17, 15) is 4.79 Å². The van der Waals surface area contributed by atoms with E-state index in [1.165, 1.54) is 19.4 Å². The highest BCUT2D eigenvalue weighted by Crippen LogP contribution is 2.28. The fourth-order valence-electron chi connectivity index (χ4n) is 3.69. The summed E-state index contributed by atoms with van der Waals surface area (Å²) in [6.07, 6.45) is 3.44. The number of nitrogen functional groups attached to an aromatic ring is 1. The summed E-state index contributed by atoms with van der Waals surface area (Å²) in [5.41, 5.74) is 7.72. The fourth-order valence-corrected chi connectivity index (χ4v) is 3.69. The molecule has 0 saturated carbocycles. The first-order chi connectivity index (χ1) is 10.2. The van der Waals surface area contributed by atoms with Crippen molar-refractivity contribution in [2.45, 2.75) is 31.3 Å². The number of carbonyl (C=O) groups is 1. The highest BCUT2D eigenvalue weighted by molar-refractivity contribution is 6.05. The van der Waals surface area contributed by atoms with Crippen LogP contribution in [0.15, 0.2) is 18.2 Å². The third kappa shape index (κ3) is 2.06. The van der Waals surface area contributed by atoms with Gasteiger partial charge in [0.1, 0.15) is 0 Å². The monoisotopic (exact) mass is 285 g/mol. The third-order valence-corrected chi connectivity index (χ3v) is 4.72. The lowest BCUT2D eigenvalue weighted by Crippen LogP contribution is -2.42. The lowest BCUT2D eigenvalue weighted by Gasteiger charge is -2.20. The lowest BCUT2D eigenvalue weighted by molar-refractivity contribution is 0.0926. The Bertz CT molecular complexity index is 694. The molecule has 21 heavy (non-hydrogen) atoms. The quantitative estimate of drug-likeness (QED) is 0.721. The van der Waals surface area contributed by atoms with Crippen molar-refractivity contribution in [2.24, 2.45) is 0 Å². The van der Waals surface area contributed by atoms with Gasteiger partial charge in [0.25, 0.3) is 5.91 Å². The summed E-state index contributed by atoms with van der Waals surface area (Å²) in [5.74, 6) is -0.106. The molecule has 1 amide bonds. The molecular weight excluding hydrogens is 266 g/mol. The number of amides is 1. The third-order valence-electron chi connectivity index (χ3n) is 4.72. The largest absolute Gasteiger partial charge is 0.399 e. The molecule has 1 aromatic carbocycles. The number of nitrogens with one attached hydrogen (secondary N) is 2. The number of hydrogen-bond acceptors (Lipinski definition) is 4. The van der Waals surface area contributed by atoms with Crippen LogP contribution in [0.25, 0.3) is 10.9 Å². The molecule has 3 heterocycles. The molecule has 2 aliphatic heterocycles. The van der Waals surface area contributed by atoms with Gasteiger partial charge in [-0.15, -0.1) is 0 Å². The average molecular weight is 285 g/mol. The van der Waals surface area contributed by atoms with E-state index in [0.717, 1.165) is 23.9 Å². The smallest absolute Gasteiger partial charge is 0.272 e. The SMILES string of the molecule is Nc1ccc2[nH]nc(C(=O)NC3CCN4CCCC34)c2c1. The Hall–Kier alpha value is -2.08. The van der Waals surface area contributed by atoms with Gasteiger partial charge < -0.3 is 11.1 Å². The van der Waals surface area contributed by atoms with E-state index in [1.54, 1.807) is 12.1 Å². The zero-order chi connectivity index (χ0) is 14.4. The minimum atomic E-state index is -0.106. The first-order valence-electron chi connectivity index (χ1n) is 7.51. The second kappa shape index (κ2) is 4.73. The van der Waals surface area contributed by atoms with Crippen molar-refractivity contribution >= 4 is 22.5 Å². The number of nitrogens with zero attached hydrogens (tertiary/aromatic N) is 2. The van der Waals surface area contributed by atoms with Crippen molar-refractivity contribution in [2.75, 3.05) is 18.8 Å². The molecule has 1 aromatic heterocycles. The van der Waals surface area contributed by atoms with Crippen LogP contribution in [-0.4, -0.2) is 46.2 Å². The molecule has 2 aromatic rings. The minimum absolute atomic E-state index is 0.106. The van der Waals surface area contributed by atoms with Gasteiger partial charge in [0.2, 0.25) is 0 Å². The Labute approximate surface area is 122 Å². The molecule has 2 atom stereocenters. The van der Waals surface area contributed by atoms with Gasteiger partial charge in [0.05, 0.1) is 5.52 Å². The molecule has 110 valence electrons. The van der Waals surface area contributed by atoms with Gasteiger partial charge in [0, 0.05) is 29.7 Å². The maximum atomic E-state index is 12.5. The van der Waals surface area contributed by atoms with E-state index in [0.29, 0.717) is 17.4 Å². The molecule has 2 saturated heterocycles. The number of H-pyrrole nitrogens is 1. The Morgan fingerprint density at radius 1 is 1.38 bits per heavy atom. The van der Waals surface area contributed by atoms with E-state index < -0.39 is 0 Å². The van der Waals surface area contributed by atoms with Gasteiger partial charge in [-0.05, 0) is 44.0 Å². The van der Waals surface area contributed by atoms with Gasteiger partial charge in [-0.1, -0.05) is 0 Å². The summed E-state index contributed by atoms with van der Waals surface area (Å²) in [6.45, 7) is 2.25. The Morgan fingerprint density at radius 2 is 2.29 bits per heavy atom. The fraction of sp³-hybridized carbons (Fsp3) is 0.467. The first-order valence-corrected chi connectivity index (χ1v) is 7.51. The van der Waals surface area contributed by atoms with E-state index in [4.69, 9.17) is 5.73 Å². The van der Waals surface area contributed by atoms with Gasteiger partial charge in [-0.25, -0.2) is 0 Å². The number of carbonyl (C=O) groups excluding carboxylic acids is 1. The maximum absolute atomic E-state index is 12.5. The second-order valence-electron chi connectivity index (χ2n) is 5.99. The summed E-state index contributed by atoms with van der Waals surface area (Å²) in [5, 5.41) is 11.0. The Balaban J connectivity index is 1.57. The number of aromatic amines is 1. The predicted molar refractivity (Wildman–Crippen MR) is 81.0 cm³/mol. The van der Waals surface area contributed by atoms with E-state index in [2.05, 4.69) is 20.4 Å². The average Bonchev–Trinajstić information content (AvgIpc) is 3.14. The predicted octanol–water partition coefficient (Wildman–Crippen LogP) is 1.11. The zero-order valence-corrected chi connectivity index (χ0v) is 11.8. The van der Waals surface area contributed by atoms with Crippen LogP contribution in [0.5, 0.6) is 0 Å². The van der Waals surface area contributed by atoms with Gasteiger partial charge in [-0.2, -0.15) is 5.10 Å². The van der Waals surface area contributed by atoms with E-state index in [1.807, 2.05) is 6.07 Å². The van der Waals surface area contributed by atoms with Crippen LogP contribution in [0, 0.1) is 0 Å². The maximum Gasteiger partial charge on any atom is 0.272 e. The molecule has 0 bridgehead atoms. The number of aromatic nitrogens is 2. The van der Waals surface area contributed by atoms with Crippen molar-refractivity contribution in [1.82, 2.24) is 20.4 Å².